The first-order valence-corrected chi connectivity index (χ1v) is 9.83. The lowest BCUT2D eigenvalue weighted by molar-refractivity contribution is 0.0737. The van der Waals surface area contributed by atoms with Crippen molar-refractivity contribution in [2.45, 2.75) is 44.6 Å². The summed E-state index contributed by atoms with van der Waals surface area (Å²) in [5, 5.41) is 5.45. The van der Waals surface area contributed by atoms with Crippen molar-refractivity contribution in [1.29, 1.82) is 0 Å². The molecule has 0 spiro atoms. The summed E-state index contributed by atoms with van der Waals surface area (Å²) >= 11 is 0. The summed E-state index contributed by atoms with van der Waals surface area (Å²) in [6.07, 6.45) is 4.39. The van der Waals surface area contributed by atoms with E-state index in [-0.39, 0.29) is 11.9 Å². The molecule has 1 amide bonds. The second kappa shape index (κ2) is 6.19. The third-order valence-electron chi connectivity index (χ3n) is 5.91. The number of nitrogens with zero attached hydrogens (tertiary/aromatic N) is 4. The molecule has 1 saturated carbocycles. The molecule has 1 saturated heterocycles. The molecular formula is C22H24N4O. The average molecular weight is 360 g/mol. The molecule has 27 heavy (non-hydrogen) atoms. The Kier molecular flexibility index (Phi) is 3.78. The SMILES string of the molecule is Cc1nn(C)c2nc(C3CC3)cc(C(=O)N3CCCC3c3ccccc3)c12. The summed E-state index contributed by atoms with van der Waals surface area (Å²) in [6.45, 7) is 2.77. The van der Waals surface area contributed by atoms with Crippen LogP contribution in [0.3, 0.4) is 0 Å². The molecule has 1 atom stereocenters. The van der Waals surface area contributed by atoms with Gasteiger partial charge in [0.05, 0.1) is 22.7 Å². The normalized spacial score (nSPS) is 19.8. The number of carbonyl (C=O) groups excluding carboxylic acids is 1. The first-order valence-electron chi connectivity index (χ1n) is 9.83. The number of benzene rings is 1. The van der Waals surface area contributed by atoms with Crippen LogP contribution in [0.2, 0.25) is 0 Å². The van der Waals surface area contributed by atoms with Crippen LogP contribution in [0.1, 0.15) is 65.0 Å². The highest BCUT2D eigenvalue weighted by Gasteiger charge is 2.34. The van der Waals surface area contributed by atoms with Crippen molar-refractivity contribution in [1.82, 2.24) is 19.7 Å². The van der Waals surface area contributed by atoms with E-state index < -0.39 is 0 Å². The lowest BCUT2D eigenvalue weighted by Gasteiger charge is -2.25. The third-order valence-corrected chi connectivity index (χ3v) is 5.91. The predicted molar refractivity (Wildman–Crippen MR) is 105 cm³/mol. The van der Waals surface area contributed by atoms with Gasteiger partial charge in [-0.25, -0.2) is 4.98 Å². The Morgan fingerprint density at radius 2 is 1.93 bits per heavy atom. The van der Waals surface area contributed by atoms with Crippen LogP contribution in [0.15, 0.2) is 36.4 Å². The second-order valence-electron chi connectivity index (χ2n) is 7.84. The minimum Gasteiger partial charge on any atom is -0.332 e. The highest BCUT2D eigenvalue weighted by atomic mass is 16.2. The van der Waals surface area contributed by atoms with Gasteiger partial charge in [0.2, 0.25) is 0 Å². The molecule has 138 valence electrons. The van der Waals surface area contributed by atoms with Gasteiger partial charge in [-0.3, -0.25) is 9.48 Å². The van der Waals surface area contributed by atoms with Gasteiger partial charge in [0.25, 0.3) is 5.91 Å². The van der Waals surface area contributed by atoms with E-state index in [9.17, 15) is 4.79 Å². The first kappa shape index (κ1) is 16.5. The monoisotopic (exact) mass is 360 g/mol. The first-order chi connectivity index (χ1) is 13.1. The van der Waals surface area contributed by atoms with Crippen LogP contribution in [-0.2, 0) is 7.05 Å². The number of rotatable bonds is 3. The highest BCUT2D eigenvalue weighted by Crippen LogP contribution is 2.41. The van der Waals surface area contributed by atoms with Gasteiger partial charge < -0.3 is 4.90 Å². The zero-order chi connectivity index (χ0) is 18.5. The molecule has 1 aliphatic carbocycles. The molecule has 3 heterocycles. The van der Waals surface area contributed by atoms with Crippen LogP contribution in [0.25, 0.3) is 11.0 Å². The molecule has 5 rings (SSSR count). The van der Waals surface area contributed by atoms with Gasteiger partial charge in [0.15, 0.2) is 5.65 Å². The number of aromatic nitrogens is 3. The molecule has 1 unspecified atom stereocenters. The topological polar surface area (TPSA) is 51.0 Å². The molecule has 0 bridgehead atoms. The van der Waals surface area contributed by atoms with E-state index in [1.165, 1.54) is 18.4 Å². The van der Waals surface area contributed by atoms with Gasteiger partial charge in [-0.2, -0.15) is 5.10 Å². The van der Waals surface area contributed by atoms with Gasteiger partial charge in [0.1, 0.15) is 0 Å². The molecule has 2 aliphatic rings. The fourth-order valence-electron chi connectivity index (χ4n) is 4.41. The number of amides is 1. The summed E-state index contributed by atoms with van der Waals surface area (Å²) in [6, 6.07) is 12.6. The number of fused-ring (bicyclic) bond motifs is 1. The Morgan fingerprint density at radius 3 is 2.67 bits per heavy atom. The molecular weight excluding hydrogens is 336 g/mol. The van der Waals surface area contributed by atoms with Crippen molar-refractivity contribution in [3.05, 3.63) is 58.9 Å². The van der Waals surface area contributed by atoms with Gasteiger partial charge in [-0.05, 0) is 44.2 Å². The van der Waals surface area contributed by atoms with Crippen LogP contribution in [0.4, 0.5) is 0 Å². The molecule has 1 aromatic carbocycles. The summed E-state index contributed by atoms with van der Waals surface area (Å²) < 4.78 is 1.81. The van der Waals surface area contributed by atoms with E-state index in [4.69, 9.17) is 4.98 Å². The molecule has 2 aromatic heterocycles. The molecule has 1 aliphatic heterocycles. The van der Waals surface area contributed by atoms with Crippen LogP contribution in [0, 0.1) is 6.92 Å². The zero-order valence-electron chi connectivity index (χ0n) is 15.9. The molecule has 5 heteroatoms. The largest absolute Gasteiger partial charge is 0.332 e. The fraction of sp³-hybridized carbons (Fsp3) is 0.409. The maximum absolute atomic E-state index is 13.7. The van der Waals surface area contributed by atoms with Crippen molar-refractivity contribution < 1.29 is 4.79 Å². The number of pyridine rings is 1. The molecule has 2 fully saturated rings. The Balaban J connectivity index is 1.61. The number of likely N-dealkylation sites (tertiary alicyclic amines) is 1. The van der Waals surface area contributed by atoms with Crippen molar-refractivity contribution in [3.8, 4) is 0 Å². The van der Waals surface area contributed by atoms with Gasteiger partial charge >= 0.3 is 0 Å². The number of aryl methyl sites for hydroxylation is 2. The van der Waals surface area contributed by atoms with E-state index in [0.29, 0.717) is 5.92 Å². The zero-order valence-corrected chi connectivity index (χ0v) is 15.9. The van der Waals surface area contributed by atoms with Gasteiger partial charge in [-0.15, -0.1) is 0 Å². The van der Waals surface area contributed by atoms with Crippen LogP contribution in [-0.4, -0.2) is 32.1 Å². The van der Waals surface area contributed by atoms with Crippen LogP contribution in [0.5, 0.6) is 0 Å². The Hall–Kier alpha value is -2.69. The highest BCUT2D eigenvalue weighted by molar-refractivity contribution is 6.06. The van der Waals surface area contributed by atoms with E-state index in [0.717, 1.165) is 47.4 Å². The van der Waals surface area contributed by atoms with E-state index in [2.05, 4.69) is 29.4 Å². The summed E-state index contributed by atoms with van der Waals surface area (Å²) in [5.41, 5.74) is 4.75. The van der Waals surface area contributed by atoms with Gasteiger partial charge in [0, 0.05) is 25.2 Å². The number of hydrogen-bond donors (Lipinski definition) is 0. The summed E-state index contributed by atoms with van der Waals surface area (Å²) in [7, 11) is 1.91. The van der Waals surface area contributed by atoms with E-state index in [1.807, 2.05) is 35.7 Å². The molecule has 3 aromatic rings. The summed E-state index contributed by atoms with van der Waals surface area (Å²) in [5.74, 6) is 0.617. The van der Waals surface area contributed by atoms with Crippen LogP contribution < -0.4 is 0 Å². The Bertz CT molecular complexity index is 1020. The van der Waals surface area contributed by atoms with Gasteiger partial charge in [-0.1, -0.05) is 30.3 Å². The lowest BCUT2D eigenvalue weighted by Crippen LogP contribution is -2.31. The van der Waals surface area contributed by atoms with Crippen molar-refractivity contribution in [3.63, 3.8) is 0 Å². The van der Waals surface area contributed by atoms with Crippen LogP contribution >= 0.6 is 0 Å². The average Bonchev–Trinajstić information content (AvgIpc) is 3.35. The minimum atomic E-state index is 0.117. The predicted octanol–water partition coefficient (Wildman–Crippen LogP) is 4.13. The second-order valence-corrected chi connectivity index (χ2v) is 7.84. The van der Waals surface area contributed by atoms with E-state index in [1.54, 1.807) is 0 Å². The van der Waals surface area contributed by atoms with Crippen molar-refractivity contribution >= 4 is 16.9 Å². The standard InChI is InChI=1S/C22H24N4O/c1-14-20-17(13-18(15-10-11-15)23-21(20)25(2)24-14)22(27)26-12-6-9-19(26)16-7-4-3-5-8-16/h3-5,7-8,13,15,19H,6,9-12H2,1-2H3. The van der Waals surface area contributed by atoms with Crippen molar-refractivity contribution in [2.24, 2.45) is 7.05 Å². The third kappa shape index (κ3) is 2.73. The minimum absolute atomic E-state index is 0.117. The van der Waals surface area contributed by atoms with E-state index >= 15 is 0 Å². The summed E-state index contributed by atoms with van der Waals surface area (Å²) in [4.78, 5) is 20.5. The lowest BCUT2D eigenvalue weighted by atomic mass is 10.0. The number of carbonyl (C=O) groups is 1. The fourth-order valence-corrected chi connectivity index (χ4v) is 4.41. The quantitative estimate of drug-likeness (QED) is 0.706. The molecule has 5 nitrogen and oxygen atoms in total. The molecule has 0 N–H and O–H groups in total. The molecule has 0 radical (unpaired) electrons. The smallest absolute Gasteiger partial charge is 0.255 e. The number of hydrogen-bond acceptors (Lipinski definition) is 3. The Morgan fingerprint density at radius 1 is 1.15 bits per heavy atom. The Labute approximate surface area is 159 Å². The maximum atomic E-state index is 13.7. The maximum Gasteiger partial charge on any atom is 0.255 e. The van der Waals surface area contributed by atoms with Crippen molar-refractivity contribution in [2.75, 3.05) is 6.54 Å².